The Labute approximate surface area is 117 Å². The van der Waals surface area contributed by atoms with Crippen LogP contribution in [0.2, 0.25) is 0 Å². The van der Waals surface area contributed by atoms with Gasteiger partial charge in [-0.25, -0.2) is 8.78 Å². The van der Waals surface area contributed by atoms with Crippen molar-refractivity contribution in [2.45, 2.75) is 13.0 Å². The van der Waals surface area contributed by atoms with Gasteiger partial charge in [0.1, 0.15) is 6.61 Å². The Balaban J connectivity index is 2.30. The summed E-state index contributed by atoms with van der Waals surface area (Å²) in [5, 5.41) is 11.6. The molecule has 5 nitrogen and oxygen atoms in total. The molecule has 0 bridgehead atoms. The third-order valence-corrected chi connectivity index (χ3v) is 2.78. The van der Waals surface area contributed by atoms with Gasteiger partial charge in [0.2, 0.25) is 5.88 Å². The second-order valence-electron chi connectivity index (χ2n) is 3.81. The van der Waals surface area contributed by atoms with Gasteiger partial charge in [-0.2, -0.15) is 0 Å². The lowest BCUT2D eigenvalue weighted by atomic mass is 10.0. The van der Waals surface area contributed by atoms with Crippen LogP contribution in [-0.2, 0) is 6.61 Å². The first-order chi connectivity index (χ1) is 9.49. The third-order valence-electron chi connectivity index (χ3n) is 2.57. The number of halogens is 3. The van der Waals surface area contributed by atoms with E-state index in [1.54, 1.807) is 0 Å². The fourth-order valence-electron chi connectivity index (χ4n) is 1.68. The maximum absolute atomic E-state index is 12.9. The van der Waals surface area contributed by atoms with Crippen LogP contribution in [0.25, 0.3) is 0 Å². The fourth-order valence-corrected chi connectivity index (χ4v) is 1.85. The quantitative estimate of drug-likeness (QED) is 0.681. The molecule has 1 aromatic carbocycles. The zero-order chi connectivity index (χ0) is 14.7. The number of alkyl halides is 2. The molecule has 0 unspecified atom stereocenters. The molecule has 0 aliphatic rings. The number of hydrogen-bond acceptors (Lipinski definition) is 4. The number of hydrogen-bond donors (Lipinski definition) is 1. The summed E-state index contributed by atoms with van der Waals surface area (Å²) < 4.78 is 31.0. The Morgan fingerprint density at radius 3 is 2.75 bits per heavy atom. The van der Waals surface area contributed by atoms with Crippen molar-refractivity contribution in [1.82, 2.24) is 9.94 Å². The van der Waals surface area contributed by atoms with Gasteiger partial charge in [-0.1, -0.05) is 17.2 Å². The summed E-state index contributed by atoms with van der Waals surface area (Å²) in [5.41, 5.74) is -0.386. The number of rotatable bonds is 5. The van der Waals surface area contributed by atoms with E-state index in [-0.39, 0.29) is 29.2 Å². The summed E-state index contributed by atoms with van der Waals surface area (Å²) >= 11 is 5.37. The van der Waals surface area contributed by atoms with Gasteiger partial charge in [-0.3, -0.25) is 4.79 Å². The van der Waals surface area contributed by atoms with Crippen molar-refractivity contribution >= 4 is 16.8 Å². The van der Waals surface area contributed by atoms with Crippen LogP contribution in [-0.4, -0.2) is 20.4 Å². The molecular formula is C12H9ClF2N2O3. The van der Waals surface area contributed by atoms with Crippen LogP contribution in [0.4, 0.5) is 8.78 Å². The second kappa shape index (κ2) is 5.87. The highest BCUT2D eigenvalue weighted by atomic mass is 35.5. The topological polar surface area (TPSA) is 64.3 Å². The molecule has 0 radical (unpaired) electrons. The van der Waals surface area contributed by atoms with Crippen molar-refractivity contribution in [3.8, 4) is 5.88 Å². The van der Waals surface area contributed by atoms with Crippen molar-refractivity contribution in [2.24, 2.45) is 0 Å². The molecule has 0 atom stereocenters. The fraction of sp³-hybridized carbons (Fsp3) is 0.167. The van der Waals surface area contributed by atoms with Gasteiger partial charge < -0.3 is 9.94 Å². The van der Waals surface area contributed by atoms with E-state index in [0.29, 0.717) is 4.85 Å². The van der Waals surface area contributed by atoms with Crippen LogP contribution in [0, 0.1) is 0 Å². The highest BCUT2D eigenvalue weighted by Crippen LogP contribution is 2.27. The average molecular weight is 303 g/mol. The molecule has 106 valence electrons. The lowest BCUT2D eigenvalue weighted by Crippen LogP contribution is -2.07. The molecule has 0 fully saturated rings. The predicted octanol–water partition coefficient (Wildman–Crippen LogP) is 3.02. The number of aromatic nitrogens is 2. The van der Waals surface area contributed by atoms with E-state index in [0.717, 1.165) is 0 Å². The number of ether oxygens (including phenoxy) is 1. The van der Waals surface area contributed by atoms with Gasteiger partial charge >= 0.3 is 0 Å². The van der Waals surface area contributed by atoms with Gasteiger partial charge in [-0.15, -0.1) is 4.85 Å². The Hall–Kier alpha value is -2.15. The van der Waals surface area contributed by atoms with Crippen molar-refractivity contribution < 1.29 is 23.5 Å². The highest BCUT2D eigenvalue weighted by molar-refractivity contribution is 6.67. The molecule has 0 aliphatic carbocycles. The van der Waals surface area contributed by atoms with E-state index in [1.807, 2.05) is 0 Å². The highest BCUT2D eigenvalue weighted by Gasteiger charge is 2.19. The smallest absolute Gasteiger partial charge is 0.264 e. The molecule has 2 rings (SSSR count). The van der Waals surface area contributed by atoms with E-state index in [1.165, 1.54) is 30.5 Å². The van der Waals surface area contributed by atoms with Crippen LogP contribution in [0.15, 0.2) is 30.5 Å². The Morgan fingerprint density at radius 1 is 1.45 bits per heavy atom. The van der Waals surface area contributed by atoms with Gasteiger partial charge in [0.25, 0.3) is 11.7 Å². The molecular weight excluding hydrogens is 294 g/mol. The molecule has 0 spiro atoms. The molecule has 0 saturated carbocycles. The van der Waals surface area contributed by atoms with E-state index in [9.17, 15) is 13.6 Å². The summed E-state index contributed by atoms with van der Waals surface area (Å²) in [6, 6.07) is 5.19. The summed E-state index contributed by atoms with van der Waals surface area (Å²) in [6.45, 7) is -0.314. The average Bonchev–Trinajstić information content (AvgIpc) is 2.81. The summed E-state index contributed by atoms with van der Waals surface area (Å²) in [6.07, 6.45) is -1.55. The van der Waals surface area contributed by atoms with Crippen molar-refractivity contribution in [2.75, 3.05) is 0 Å². The molecule has 1 heterocycles. The van der Waals surface area contributed by atoms with Crippen LogP contribution in [0.5, 0.6) is 5.88 Å². The van der Waals surface area contributed by atoms with Gasteiger partial charge in [-0.05, 0) is 17.7 Å². The lowest BCUT2D eigenvalue weighted by Gasteiger charge is -2.12. The van der Waals surface area contributed by atoms with Crippen molar-refractivity contribution in [3.05, 3.63) is 47.2 Å². The van der Waals surface area contributed by atoms with E-state index in [2.05, 4.69) is 5.10 Å². The Kier molecular flexibility index (Phi) is 4.19. The lowest BCUT2D eigenvalue weighted by molar-refractivity contribution is 0.107. The SMILES string of the molecule is O=C(Cl)c1cccc(C(F)F)c1COc1ccn(O)n1. The summed E-state index contributed by atoms with van der Waals surface area (Å²) in [7, 11) is 0. The van der Waals surface area contributed by atoms with Crippen LogP contribution in [0.3, 0.4) is 0 Å². The predicted molar refractivity (Wildman–Crippen MR) is 65.3 cm³/mol. The summed E-state index contributed by atoms with van der Waals surface area (Å²) in [5.74, 6) is 0.0320. The Morgan fingerprint density at radius 2 is 2.20 bits per heavy atom. The first-order valence-electron chi connectivity index (χ1n) is 5.46. The standard InChI is InChI=1S/C12H9ClF2N2O3/c13-11(18)7-2-1-3-8(12(14)15)9(7)6-20-10-4-5-17(19)16-10/h1-5,12,19H,6H2. The second-order valence-corrected chi connectivity index (χ2v) is 4.15. The minimum Gasteiger partial charge on any atom is -0.472 e. The van der Waals surface area contributed by atoms with Crippen molar-refractivity contribution in [1.29, 1.82) is 0 Å². The van der Waals surface area contributed by atoms with Gasteiger partial charge in [0.05, 0.1) is 6.20 Å². The van der Waals surface area contributed by atoms with E-state index >= 15 is 0 Å². The monoisotopic (exact) mass is 302 g/mol. The van der Waals surface area contributed by atoms with Crippen LogP contribution in [0.1, 0.15) is 27.9 Å². The summed E-state index contributed by atoms with van der Waals surface area (Å²) in [4.78, 5) is 11.8. The molecule has 0 saturated heterocycles. The largest absolute Gasteiger partial charge is 0.472 e. The van der Waals surface area contributed by atoms with Gasteiger partial charge in [0.15, 0.2) is 0 Å². The first kappa shape index (κ1) is 14.3. The minimum absolute atomic E-state index is 0.00464. The van der Waals surface area contributed by atoms with Crippen LogP contribution >= 0.6 is 11.6 Å². The zero-order valence-corrected chi connectivity index (χ0v) is 10.7. The third kappa shape index (κ3) is 3.05. The molecule has 0 amide bonds. The zero-order valence-electron chi connectivity index (χ0n) is 9.96. The molecule has 2 aromatic rings. The van der Waals surface area contributed by atoms with Crippen molar-refractivity contribution in [3.63, 3.8) is 0 Å². The number of nitrogens with zero attached hydrogens (tertiary/aromatic N) is 2. The molecule has 8 heteroatoms. The Bertz CT molecular complexity index is 631. The minimum atomic E-state index is -2.76. The van der Waals surface area contributed by atoms with Gasteiger partial charge in [0, 0.05) is 22.8 Å². The maximum Gasteiger partial charge on any atom is 0.264 e. The molecule has 1 aromatic heterocycles. The normalized spacial score (nSPS) is 10.8. The number of carbonyl (C=O) groups excluding carboxylic acids is 1. The number of carbonyl (C=O) groups is 1. The maximum atomic E-state index is 12.9. The first-order valence-corrected chi connectivity index (χ1v) is 5.84. The molecule has 20 heavy (non-hydrogen) atoms. The van der Waals surface area contributed by atoms with Crippen LogP contribution < -0.4 is 4.74 Å². The van der Waals surface area contributed by atoms with E-state index < -0.39 is 11.7 Å². The molecule has 0 aliphatic heterocycles. The molecule has 1 N–H and O–H groups in total. The number of benzene rings is 1. The van der Waals surface area contributed by atoms with E-state index in [4.69, 9.17) is 21.5 Å².